The smallest absolute Gasteiger partial charge is 0.0543 e. The van der Waals surface area contributed by atoms with E-state index in [-0.39, 0.29) is 5.54 Å². The maximum Gasteiger partial charge on any atom is 0.0543 e. The molecule has 1 aromatic carbocycles. The number of hydrogen-bond donors (Lipinski definition) is 1. The number of benzene rings is 1. The van der Waals surface area contributed by atoms with Crippen molar-refractivity contribution >= 4 is 15.9 Å². The summed E-state index contributed by atoms with van der Waals surface area (Å²) < 4.78 is 3.12. The van der Waals surface area contributed by atoms with Crippen LogP contribution in [0.4, 0.5) is 0 Å². The van der Waals surface area contributed by atoms with Gasteiger partial charge in [-0.25, -0.2) is 0 Å². The topological polar surface area (TPSA) is 29.9 Å². The minimum Gasteiger partial charge on any atom is -0.306 e. The van der Waals surface area contributed by atoms with Crippen LogP contribution in [-0.4, -0.2) is 9.78 Å². The number of nitrogens with zero attached hydrogens (tertiary/aromatic N) is 2. The van der Waals surface area contributed by atoms with Gasteiger partial charge in [0, 0.05) is 28.8 Å². The van der Waals surface area contributed by atoms with Crippen molar-refractivity contribution in [2.75, 3.05) is 0 Å². The van der Waals surface area contributed by atoms with Crippen LogP contribution in [0.15, 0.2) is 41.1 Å². The summed E-state index contributed by atoms with van der Waals surface area (Å²) in [4.78, 5) is 0. The maximum atomic E-state index is 4.42. The summed E-state index contributed by atoms with van der Waals surface area (Å²) in [6.45, 7) is 9.47. The molecule has 0 radical (unpaired) electrons. The van der Waals surface area contributed by atoms with Gasteiger partial charge >= 0.3 is 0 Å². The summed E-state index contributed by atoms with van der Waals surface area (Å²) in [5.74, 6) is 0. The van der Waals surface area contributed by atoms with Crippen LogP contribution in [0.5, 0.6) is 0 Å². The standard InChI is InChI=1S/C16H22BrN3/c1-12(14-5-7-15(17)8-6-14)18-9-13-10-19-20(11-13)16(2,3)4/h5-8,10-12,18H,9H2,1-4H3/t12-/m1/s1. The van der Waals surface area contributed by atoms with Crippen LogP contribution in [0.2, 0.25) is 0 Å². The molecular formula is C16H22BrN3. The molecule has 0 spiro atoms. The largest absolute Gasteiger partial charge is 0.306 e. The van der Waals surface area contributed by atoms with E-state index in [0.717, 1.165) is 11.0 Å². The van der Waals surface area contributed by atoms with Gasteiger partial charge in [0.15, 0.2) is 0 Å². The van der Waals surface area contributed by atoms with Crippen molar-refractivity contribution in [1.82, 2.24) is 15.1 Å². The molecule has 0 unspecified atom stereocenters. The highest BCUT2D eigenvalue weighted by Crippen LogP contribution is 2.17. The highest BCUT2D eigenvalue weighted by molar-refractivity contribution is 9.10. The van der Waals surface area contributed by atoms with E-state index in [1.165, 1.54) is 11.1 Å². The summed E-state index contributed by atoms with van der Waals surface area (Å²) in [6, 6.07) is 8.75. The third-order valence-electron chi connectivity index (χ3n) is 3.31. The van der Waals surface area contributed by atoms with E-state index in [1.54, 1.807) is 0 Å². The number of halogens is 1. The zero-order valence-corrected chi connectivity index (χ0v) is 14.1. The van der Waals surface area contributed by atoms with Crippen molar-refractivity contribution in [3.8, 4) is 0 Å². The van der Waals surface area contributed by atoms with Gasteiger partial charge in [-0.3, -0.25) is 4.68 Å². The van der Waals surface area contributed by atoms with Gasteiger partial charge in [-0.2, -0.15) is 5.10 Å². The maximum absolute atomic E-state index is 4.42. The molecule has 0 saturated heterocycles. The Kier molecular flexibility index (Phi) is 4.66. The first-order chi connectivity index (χ1) is 9.36. The van der Waals surface area contributed by atoms with E-state index in [4.69, 9.17) is 0 Å². The molecule has 3 nitrogen and oxygen atoms in total. The Morgan fingerprint density at radius 2 is 1.90 bits per heavy atom. The van der Waals surface area contributed by atoms with Gasteiger partial charge in [0.1, 0.15) is 0 Å². The van der Waals surface area contributed by atoms with E-state index in [9.17, 15) is 0 Å². The zero-order valence-electron chi connectivity index (χ0n) is 12.5. The quantitative estimate of drug-likeness (QED) is 0.904. The molecule has 4 heteroatoms. The number of nitrogens with one attached hydrogen (secondary N) is 1. The highest BCUT2D eigenvalue weighted by Gasteiger charge is 2.14. The Morgan fingerprint density at radius 1 is 1.25 bits per heavy atom. The monoisotopic (exact) mass is 335 g/mol. The van der Waals surface area contributed by atoms with Crippen LogP contribution in [0.3, 0.4) is 0 Å². The number of aromatic nitrogens is 2. The van der Waals surface area contributed by atoms with Crippen molar-refractivity contribution < 1.29 is 0 Å². The van der Waals surface area contributed by atoms with Gasteiger partial charge in [0.25, 0.3) is 0 Å². The lowest BCUT2D eigenvalue weighted by molar-refractivity contribution is 0.355. The predicted octanol–water partition coefficient (Wildman–Crippen LogP) is 4.25. The van der Waals surface area contributed by atoms with Crippen LogP contribution in [0.1, 0.15) is 44.9 Å². The third kappa shape index (κ3) is 3.93. The lowest BCUT2D eigenvalue weighted by Crippen LogP contribution is -2.22. The molecule has 0 aliphatic heterocycles. The molecule has 0 amide bonds. The van der Waals surface area contributed by atoms with E-state index in [2.05, 4.69) is 84.5 Å². The molecule has 1 N–H and O–H groups in total. The summed E-state index contributed by atoms with van der Waals surface area (Å²) in [5, 5.41) is 7.95. The fourth-order valence-electron chi connectivity index (χ4n) is 1.96. The Morgan fingerprint density at radius 3 is 2.45 bits per heavy atom. The highest BCUT2D eigenvalue weighted by atomic mass is 79.9. The van der Waals surface area contributed by atoms with E-state index < -0.39 is 0 Å². The minimum atomic E-state index is 0.0373. The molecule has 2 rings (SSSR count). The molecule has 1 aromatic heterocycles. The minimum absolute atomic E-state index is 0.0373. The van der Waals surface area contributed by atoms with E-state index in [0.29, 0.717) is 6.04 Å². The van der Waals surface area contributed by atoms with Crippen LogP contribution >= 0.6 is 15.9 Å². The fourth-order valence-corrected chi connectivity index (χ4v) is 2.22. The van der Waals surface area contributed by atoms with Crippen molar-refractivity contribution in [2.45, 2.75) is 45.8 Å². The average Bonchev–Trinajstić information content (AvgIpc) is 2.85. The summed E-state index contributed by atoms with van der Waals surface area (Å²) in [7, 11) is 0. The van der Waals surface area contributed by atoms with E-state index in [1.807, 2.05) is 10.9 Å². The first kappa shape index (κ1) is 15.3. The van der Waals surface area contributed by atoms with Gasteiger partial charge in [-0.05, 0) is 45.4 Å². The molecule has 1 atom stereocenters. The van der Waals surface area contributed by atoms with Crippen LogP contribution in [0.25, 0.3) is 0 Å². The van der Waals surface area contributed by atoms with Gasteiger partial charge in [0.2, 0.25) is 0 Å². The molecule has 0 bridgehead atoms. The molecule has 0 aliphatic rings. The van der Waals surface area contributed by atoms with Gasteiger partial charge < -0.3 is 5.32 Å². The fraction of sp³-hybridized carbons (Fsp3) is 0.438. The van der Waals surface area contributed by atoms with Crippen molar-refractivity contribution in [1.29, 1.82) is 0 Å². The summed E-state index contributed by atoms with van der Waals surface area (Å²) in [6.07, 6.45) is 4.05. The van der Waals surface area contributed by atoms with Gasteiger partial charge in [0.05, 0.1) is 11.7 Å². The van der Waals surface area contributed by atoms with Gasteiger partial charge in [-0.15, -0.1) is 0 Å². The summed E-state index contributed by atoms with van der Waals surface area (Å²) >= 11 is 3.46. The first-order valence-corrected chi connectivity index (χ1v) is 7.68. The molecular weight excluding hydrogens is 314 g/mol. The van der Waals surface area contributed by atoms with Crippen LogP contribution < -0.4 is 5.32 Å². The lowest BCUT2D eigenvalue weighted by Gasteiger charge is -2.18. The van der Waals surface area contributed by atoms with Crippen molar-refractivity contribution in [2.24, 2.45) is 0 Å². The van der Waals surface area contributed by atoms with Gasteiger partial charge in [-0.1, -0.05) is 28.1 Å². The molecule has 2 aromatic rings. The van der Waals surface area contributed by atoms with Crippen molar-refractivity contribution in [3.05, 3.63) is 52.3 Å². The van der Waals surface area contributed by atoms with Crippen molar-refractivity contribution in [3.63, 3.8) is 0 Å². The number of hydrogen-bond acceptors (Lipinski definition) is 2. The molecule has 108 valence electrons. The molecule has 0 aliphatic carbocycles. The lowest BCUT2D eigenvalue weighted by atomic mass is 10.1. The molecule has 1 heterocycles. The second-order valence-corrected chi connectivity index (χ2v) is 7.03. The molecule has 20 heavy (non-hydrogen) atoms. The second kappa shape index (κ2) is 6.10. The Labute approximate surface area is 129 Å². The average molecular weight is 336 g/mol. The Hall–Kier alpha value is -1.13. The SMILES string of the molecule is C[C@@H](NCc1cnn(C(C)(C)C)c1)c1ccc(Br)cc1. The Balaban J connectivity index is 1.95. The van der Waals surface area contributed by atoms with Crippen LogP contribution in [0, 0.1) is 0 Å². The molecule has 0 saturated carbocycles. The normalized spacial score (nSPS) is 13.4. The van der Waals surface area contributed by atoms with E-state index >= 15 is 0 Å². The summed E-state index contributed by atoms with van der Waals surface area (Å²) in [5.41, 5.74) is 2.54. The predicted molar refractivity (Wildman–Crippen MR) is 86.6 cm³/mol. The van der Waals surface area contributed by atoms with Crippen LogP contribution in [-0.2, 0) is 12.1 Å². The second-order valence-electron chi connectivity index (χ2n) is 6.12. The number of rotatable bonds is 4. The first-order valence-electron chi connectivity index (χ1n) is 6.89. The zero-order chi connectivity index (χ0) is 14.8. The molecule has 0 fully saturated rings. The third-order valence-corrected chi connectivity index (χ3v) is 3.83. The Bertz CT molecular complexity index is 552.